The van der Waals surface area contributed by atoms with Gasteiger partial charge in [0.25, 0.3) is 0 Å². The van der Waals surface area contributed by atoms with E-state index >= 15 is 0 Å². The van der Waals surface area contributed by atoms with Gasteiger partial charge in [0.2, 0.25) is 0 Å². The molecule has 1 heterocycles. The van der Waals surface area contributed by atoms with E-state index in [9.17, 15) is 0 Å². The molecule has 0 aliphatic heterocycles. The number of hydrogen-bond acceptors (Lipinski definition) is 3. The lowest BCUT2D eigenvalue weighted by Crippen LogP contribution is -2.29. The SMILES string of the molecule is CCNCc1cnccc1N(CC)CC(C)C. The predicted octanol–water partition coefficient (Wildman–Crippen LogP) is 2.67. The maximum atomic E-state index is 4.23. The van der Waals surface area contributed by atoms with E-state index in [0.29, 0.717) is 5.92 Å². The van der Waals surface area contributed by atoms with E-state index in [2.05, 4.69) is 49.0 Å². The molecule has 3 nitrogen and oxygen atoms in total. The van der Waals surface area contributed by atoms with Crippen LogP contribution in [0.4, 0.5) is 5.69 Å². The van der Waals surface area contributed by atoms with Crippen LogP contribution in [-0.2, 0) is 6.54 Å². The van der Waals surface area contributed by atoms with Gasteiger partial charge in [-0.2, -0.15) is 0 Å². The van der Waals surface area contributed by atoms with Crippen LogP contribution in [0.1, 0.15) is 33.3 Å². The molecule has 0 saturated heterocycles. The molecule has 0 aromatic carbocycles. The predicted molar refractivity (Wildman–Crippen MR) is 74.3 cm³/mol. The van der Waals surface area contributed by atoms with Crippen molar-refractivity contribution in [1.82, 2.24) is 10.3 Å². The Hall–Kier alpha value is -1.09. The molecule has 17 heavy (non-hydrogen) atoms. The maximum Gasteiger partial charge on any atom is 0.0442 e. The number of nitrogens with zero attached hydrogens (tertiary/aromatic N) is 2. The van der Waals surface area contributed by atoms with Crippen molar-refractivity contribution in [1.29, 1.82) is 0 Å². The summed E-state index contributed by atoms with van der Waals surface area (Å²) in [5.41, 5.74) is 2.61. The van der Waals surface area contributed by atoms with Crippen LogP contribution in [0.15, 0.2) is 18.5 Å². The van der Waals surface area contributed by atoms with E-state index in [-0.39, 0.29) is 0 Å². The molecule has 0 amide bonds. The topological polar surface area (TPSA) is 28.2 Å². The van der Waals surface area contributed by atoms with E-state index < -0.39 is 0 Å². The van der Waals surface area contributed by atoms with Crippen LogP contribution in [-0.4, -0.2) is 24.6 Å². The first-order chi connectivity index (χ1) is 8.19. The minimum atomic E-state index is 0.676. The monoisotopic (exact) mass is 235 g/mol. The summed E-state index contributed by atoms with van der Waals surface area (Å²) >= 11 is 0. The zero-order chi connectivity index (χ0) is 12.7. The summed E-state index contributed by atoms with van der Waals surface area (Å²) in [4.78, 5) is 6.66. The highest BCUT2D eigenvalue weighted by molar-refractivity contribution is 5.52. The molecule has 1 N–H and O–H groups in total. The second-order valence-electron chi connectivity index (χ2n) is 4.72. The van der Waals surface area contributed by atoms with Crippen LogP contribution in [0.3, 0.4) is 0 Å². The van der Waals surface area contributed by atoms with Crippen molar-refractivity contribution in [2.24, 2.45) is 5.92 Å². The molecule has 1 rings (SSSR count). The van der Waals surface area contributed by atoms with Crippen LogP contribution >= 0.6 is 0 Å². The third kappa shape index (κ3) is 4.35. The van der Waals surface area contributed by atoms with Crippen molar-refractivity contribution in [2.45, 2.75) is 34.2 Å². The summed E-state index contributed by atoms with van der Waals surface area (Å²) in [5.74, 6) is 0.676. The van der Waals surface area contributed by atoms with E-state index in [0.717, 1.165) is 26.2 Å². The van der Waals surface area contributed by atoms with Gasteiger partial charge in [0.15, 0.2) is 0 Å². The fourth-order valence-corrected chi connectivity index (χ4v) is 1.96. The van der Waals surface area contributed by atoms with Crippen LogP contribution in [0.25, 0.3) is 0 Å². The number of pyridine rings is 1. The molecule has 0 atom stereocenters. The van der Waals surface area contributed by atoms with Crippen LogP contribution in [0, 0.1) is 5.92 Å². The Balaban J connectivity index is 2.85. The van der Waals surface area contributed by atoms with Gasteiger partial charge in [-0.25, -0.2) is 0 Å². The van der Waals surface area contributed by atoms with Crippen LogP contribution in [0.5, 0.6) is 0 Å². The molecule has 0 bridgehead atoms. The van der Waals surface area contributed by atoms with Gasteiger partial charge in [0, 0.05) is 43.3 Å². The highest BCUT2D eigenvalue weighted by Gasteiger charge is 2.10. The van der Waals surface area contributed by atoms with Gasteiger partial charge in [-0.05, 0) is 25.5 Å². The minimum Gasteiger partial charge on any atom is -0.371 e. The third-order valence-corrected chi connectivity index (χ3v) is 2.75. The minimum absolute atomic E-state index is 0.676. The number of hydrogen-bond donors (Lipinski definition) is 1. The first-order valence-electron chi connectivity index (χ1n) is 6.57. The van der Waals surface area contributed by atoms with Crippen LogP contribution in [0.2, 0.25) is 0 Å². The Morgan fingerprint density at radius 1 is 1.35 bits per heavy atom. The lowest BCUT2D eigenvalue weighted by Gasteiger charge is -2.27. The van der Waals surface area contributed by atoms with Gasteiger partial charge >= 0.3 is 0 Å². The Morgan fingerprint density at radius 3 is 2.71 bits per heavy atom. The first-order valence-corrected chi connectivity index (χ1v) is 6.57. The second-order valence-corrected chi connectivity index (χ2v) is 4.72. The van der Waals surface area contributed by atoms with Gasteiger partial charge in [-0.1, -0.05) is 20.8 Å². The second kappa shape index (κ2) is 7.28. The van der Waals surface area contributed by atoms with Crippen molar-refractivity contribution in [3.63, 3.8) is 0 Å². The van der Waals surface area contributed by atoms with Gasteiger partial charge in [-0.15, -0.1) is 0 Å². The van der Waals surface area contributed by atoms with Crippen molar-refractivity contribution < 1.29 is 0 Å². The van der Waals surface area contributed by atoms with Crippen molar-refractivity contribution in [3.8, 4) is 0 Å². The van der Waals surface area contributed by atoms with Gasteiger partial charge in [0.05, 0.1) is 0 Å². The lowest BCUT2D eigenvalue weighted by atomic mass is 10.1. The fourth-order valence-electron chi connectivity index (χ4n) is 1.96. The lowest BCUT2D eigenvalue weighted by molar-refractivity contribution is 0.614. The normalized spacial score (nSPS) is 10.9. The van der Waals surface area contributed by atoms with Crippen molar-refractivity contribution in [3.05, 3.63) is 24.0 Å². The fraction of sp³-hybridized carbons (Fsp3) is 0.643. The summed E-state index contributed by atoms with van der Waals surface area (Å²) in [6.45, 7) is 12.9. The molecule has 0 radical (unpaired) electrons. The first kappa shape index (κ1) is 14.0. The zero-order valence-corrected chi connectivity index (χ0v) is 11.5. The highest BCUT2D eigenvalue weighted by atomic mass is 15.1. The number of rotatable bonds is 7. The molecular formula is C14H25N3. The Labute approximate surface area is 105 Å². The molecule has 1 aromatic rings. The number of nitrogens with one attached hydrogen (secondary N) is 1. The Kier molecular flexibility index (Phi) is 5.98. The van der Waals surface area contributed by atoms with Crippen LogP contribution < -0.4 is 10.2 Å². The largest absolute Gasteiger partial charge is 0.371 e. The van der Waals surface area contributed by atoms with E-state index in [4.69, 9.17) is 0 Å². The van der Waals surface area contributed by atoms with Gasteiger partial charge in [-0.3, -0.25) is 4.98 Å². The Morgan fingerprint density at radius 2 is 2.12 bits per heavy atom. The molecule has 0 fully saturated rings. The standard InChI is InChI=1S/C14H25N3/c1-5-15-9-13-10-16-8-7-14(13)17(6-2)11-12(3)4/h7-8,10,12,15H,5-6,9,11H2,1-4H3. The van der Waals surface area contributed by atoms with Gasteiger partial charge < -0.3 is 10.2 Å². The van der Waals surface area contributed by atoms with E-state index in [1.165, 1.54) is 11.3 Å². The average Bonchev–Trinajstić information content (AvgIpc) is 2.33. The van der Waals surface area contributed by atoms with Crippen molar-refractivity contribution in [2.75, 3.05) is 24.5 Å². The molecule has 0 aliphatic carbocycles. The van der Waals surface area contributed by atoms with Gasteiger partial charge in [0.1, 0.15) is 0 Å². The number of anilines is 1. The number of aromatic nitrogens is 1. The highest BCUT2D eigenvalue weighted by Crippen LogP contribution is 2.20. The maximum absolute atomic E-state index is 4.23. The summed E-state index contributed by atoms with van der Waals surface area (Å²) < 4.78 is 0. The quantitative estimate of drug-likeness (QED) is 0.787. The summed E-state index contributed by atoms with van der Waals surface area (Å²) in [7, 11) is 0. The van der Waals surface area contributed by atoms with E-state index in [1.54, 1.807) is 0 Å². The molecule has 1 aromatic heterocycles. The zero-order valence-electron chi connectivity index (χ0n) is 11.5. The molecule has 0 saturated carbocycles. The Bertz CT molecular complexity index is 323. The summed E-state index contributed by atoms with van der Waals surface area (Å²) in [6, 6.07) is 2.12. The molecule has 0 spiro atoms. The molecule has 0 aliphatic rings. The summed E-state index contributed by atoms with van der Waals surface area (Å²) in [5, 5.41) is 3.37. The molecule has 0 unspecified atom stereocenters. The summed E-state index contributed by atoms with van der Waals surface area (Å²) in [6.07, 6.45) is 3.86. The van der Waals surface area contributed by atoms with Crippen molar-refractivity contribution >= 4 is 5.69 Å². The van der Waals surface area contributed by atoms with E-state index in [1.807, 2.05) is 12.4 Å². The molecule has 96 valence electrons. The molecule has 3 heteroatoms. The molecular weight excluding hydrogens is 210 g/mol. The smallest absolute Gasteiger partial charge is 0.0442 e. The third-order valence-electron chi connectivity index (χ3n) is 2.75. The average molecular weight is 235 g/mol.